The van der Waals surface area contributed by atoms with Crippen LogP contribution < -0.4 is 4.90 Å². The van der Waals surface area contributed by atoms with Crippen molar-refractivity contribution in [1.29, 1.82) is 0 Å². The lowest BCUT2D eigenvalue weighted by molar-refractivity contribution is -0.147. The highest BCUT2D eigenvalue weighted by molar-refractivity contribution is 6.01. The zero-order chi connectivity index (χ0) is 21.5. The second kappa shape index (κ2) is 9.82. The molecule has 2 aromatic rings. The largest absolute Gasteiger partial charge is 0.462 e. The lowest BCUT2D eigenvalue weighted by Gasteiger charge is -2.17. The molecule has 1 amide bonds. The molecular weight excluding hydrogens is 386 g/mol. The summed E-state index contributed by atoms with van der Waals surface area (Å²) >= 11 is 0. The van der Waals surface area contributed by atoms with Gasteiger partial charge < -0.3 is 14.4 Å². The SMILES string of the molecule is CCCOC(=O)c1ccc(N2C[C@H](C(=O)OCC(=O)c3ccccc3)CC2=O)cc1. The maximum Gasteiger partial charge on any atom is 0.338 e. The second-order valence-corrected chi connectivity index (χ2v) is 6.99. The lowest BCUT2D eigenvalue weighted by Crippen LogP contribution is -2.27. The molecular formula is C23H23NO6. The molecule has 0 aliphatic carbocycles. The summed E-state index contributed by atoms with van der Waals surface area (Å²) in [6.07, 6.45) is 0.749. The third-order valence-electron chi connectivity index (χ3n) is 4.75. The van der Waals surface area contributed by atoms with E-state index in [0.717, 1.165) is 6.42 Å². The first-order valence-electron chi connectivity index (χ1n) is 9.82. The van der Waals surface area contributed by atoms with Gasteiger partial charge in [-0.25, -0.2) is 4.79 Å². The summed E-state index contributed by atoms with van der Waals surface area (Å²) in [5.74, 6) is -2.14. The summed E-state index contributed by atoms with van der Waals surface area (Å²) < 4.78 is 10.2. The first-order chi connectivity index (χ1) is 14.5. The van der Waals surface area contributed by atoms with E-state index in [4.69, 9.17) is 9.47 Å². The third-order valence-corrected chi connectivity index (χ3v) is 4.75. The number of hydrogen-bond donors (Lipinski definition) is 0. The highest BCUT2D eigenvalue weighted by Crippen LogP contribution is 2.26. The summed E-state index contributed by atoms with van der Waals surface area (Å²) in [6, 6.07) is 15.0. The maximum atomic E-state index is 12.4. The highest BCUT2D eigenvalue weighted by atomic mass is 16.5. The monoisotopic (exact) mass is 409 g/mol. The number of ketones is 1. The predicted octanol–water partition coefficient (Wildman–Crippen LogP) is 3.03. The molecule has 0 radical (unpaired) electrons. The van der Waals surface area contributed by atoms with Gasteiger partial charge in [-0.05, 0) is 30.7 Å². The van der Waals surface area contributed by atoms with Crippen molar-refractivity contribution in [2.45, 2.75) is 19.8 Å². The Balaban J connectivity index is 1.56. The van der Waals surface area contributed by atoms with Gasteiger partial charge in [-0.2, -0.15) is 0 Å². The Labute approximate surface area is 174 Å². The quantitative estimate of drug-likeness (QED) is 0.492. The zero-order valence-corrected chi connectivity index (χ0v) is 16.7. The summed E-state index contributed by atoms with van der Waals surface area (Å²) in [6.45, 7) is 2.06. The van der Waals surface area contributed by atoms with Crippen molar-refractivity contribution in [3.8, 4) is 0 Å². The fourth-order valence-corrected chi connectivity index (χ4v) is 3.13. The minimum atomic E-state index is -0.643. The average molecular weight is 409 g/mol. The molecule has 0 saturated carbocycles. The molecule has 0 spiro atoms. The van der Waals surface area contributed by atoms with Gasteiger partial charge in [0.15, 0.2) is 12.4 Å². The molecule has 7 nitrogen and oxygen atoms in total. The van der Waals surface area contributed by atoms with Gasteiger partial charge in [0.25, 0.3) is 0 Å². The van der Waals surface area contributed by atoms with Crippen LogP contribution in [0.5, 0.6) is 0 Å². The number of benzene rings is 2. The Morgan fingerprint density at radius 2 is 1.67 bits per heavy atom. The van der Waals surface area contributed by atoms with Crippen LogP contribution in [0.25, 0.3) is 0 Å². The van der Waals surface area contributed by atoms with Crippen molar-refractivity contribution in [2.24, 2.45) is 5.92 Å². The van der Waals surface area contributed by atoms with E-state index in [0.29, 0.717) is 23.4 Å². The molecule has 7 heteroatoms. The first kappa shape index (κ1) is 21.2. The van der Waals surface area contributed by atoms with Gasteiger partial charge in [0.05, 0.1) is 18.1 Å². The van der Waals surface area contributed by atoms with Crippen LogP contribution in [-0.4, -0.2) is 43.4 Å². The average Bonchev–Trinajstić information content (AvgIpc) is 3.18. The van der Waals surface area contributed by atoms with Crippen molar-refractivity contribution in [2.75, 3.05) is 24.7 Å². The summed E-state index contributed by atoms with van der Waals surface area (Å²) in [5.41, 5.74) is 1.45. The Bertz CT molecular complexity index is 922. The van der Waals surface area contributed by atoms with Crippen LogP contribution in [0.2, 0.25) is 0 Å². The van der Waals surface area contributed by atoms with E-state index in [9.17, 15) is 19.2 Å². The molecule has 30 heavy (non-hydrogen) atoms. The van der Waals surface area contributed by atoms with Crippen LogP contribution in [-0.2, 0) is 19.1 Å². The minimum Gasteiger partial charge on any atom is -0.462 e. The van der Waals surface area contributed by atoms with E-state index in [1.807, 2.05) is 6.92 Å². The maximum absolute atomic E-state index is 12.4. The van der Waals surface area contributed by atoms with Crippen molar-refractivity contribution in [3.05, 3.63) is 65.7 Å². The van der Waals surface area contributed by atoms with Gasteiger partial charge in [0, 0.05) is 24.2 Å². The van der Waals surface area contributed by atoms with Gasteiger partial charge in [-0.1, -0.05) is 37.3 Å². The molecule has 1 fully saturated rings. The standard InChI is InChI=1S/C23H23NO6/c1-2-12-29-22(27)17-8-10-19(11-9-17)24-14-18(13-21(24)26)23(28)30-15-20(25)16-6-4-3-5-7-16/h3-11,18H,2,12-15H2,1H3/t18-/m1/s1. The molecule has 1 heterocycles. The van der Waals surface area contributed by atoms with E-state index in [2.05, 4.69) is 0 Å². The minimum absolute atomic E-state index is 0.0126. The number of anilines is 1. The Hall–Kier alpha value is -3.48. The number of Topliss-reactive ketones (excluding diaryl/α,β-unsaturated/α-hetero) is 1. The second-order valence-electron chi connectivity index (χ2n) is 6.99. The van der Waals surface area contributed by atoms with Crippen LogP contribution in [0.15, 0.2) is 54.6 Å². The normalized spacial score (nSPS) is 15.7. The van der Waals surface area contributed by atoms with E-state index in [1.54, 1.807) is 54.6 Å². The number of rotatable bonds is 8. The van der Waals surface area contributed by atoms with E-state index >= 15 is 0 Å². The van der Waals surface area contributed by atoms with Gasteiger partial charge in [-0.3, -0.25) is 14.4 Å². The molecule has 0 bridgehead atoms. The summed E-state index contributed by atoms with van der Waals surface area (Å²) in [5, 5.41) is 0. The molecule has 156 valence electrons. The number of nitrogens with zero attached hydrogens (tertiary/aromatic N) is 1. The highest BCUT2D eigenvalue weighted by Gasteiger charge is 2.36. The van der Waals surface area contributed by atoms with Crippen molar-refractivity contribution < 1.29 is 28.7 Å². The van der Waals surface area contributed by atoms with Crippen molar-refractivity contribution in [3.63, 3.8) is 0 Å². The lowest BCUT2D eigenvalue weighted by atomic mass is 10.1. The summed E-state index contributed by atoms with van der Waals surface area (Å²) in [4.78, 5) is 50.1. The van der Waals surface area contributed by atoms with Crippen LogP contribution >= 0.6 is 0 Å². The molecule has 1 atom stereocenters. The number of carbonyl (C=O) groups excluding carboxylic acids is 4. The third kappa shape index (κ3) is 5.11. The molecule has 0 aromatic heterocycles. The molecule has 0 N–H and O–H groups in total. The first-order valence-corrected chi connectivity index (χ1v) is 9.82. The van der Waals surface area contributed by atoms with Crippen LogP contribution in [0.1, 0.15) is 40.5 Å². The van der Waals surface area contributed by atoms with Gasteiger partial charge in [0.1, 0.15) is 0 Å². The molecule has 2 aromatic carbocycles. The van der Waals surface area contributed by atoms with Crippen molar-refractivity contribution in [1.82, 2.24) is 0 Å². The van der Waals surface area contributed by atoms with Crippen LogP contribution in [0, 0.1) is 5.92 Å². The molecule has 1 aliphatic heterocycles. The number of carbonyl (C=O) groups is 4. The van der Waals surface area contributed by atoms with Crippen LogP contribution in [0.3, 0.4) is 0 Å². The van der Waals surface area contributed by atoms with Gasteiger partial charge >= 0.3 is 11.9 Å². The van der Waals surface area contributed by atoms with Crippen LogP contribution in [0.4, 0.5) is 5.69 Å². The molecule has 1 saturated heterocycles. The molecule has 3 rings (SSSR count). The predicted molar refractivity (Wildman–Crippen MR) is 109 cm³/mol. The van der Waals surface area contributed by atoms with Crippen molar-refractivity contribution >= 4 is 29.3 Å². The topological polar surface area (TPSA) is 90.0 Å². The number of ether oxygens (including phenoxy) is 2. The van der Waals surface area contributed by atoms with E-state index in [-0.39, 0.29) is 31.3 Å². The Kier molecular flexibility index (Phi) is 6.95. The Morgan fingerprint density at radius 3 is 2.33 bits per heavy atom. The fraction of sp³-hybridized carbons (Fsp3) is 0.304. The van der Waals surface area contributed by atoms with E-state index in [1.165, 1.54) is 4.90 Å². The van der Waals surface area contributed by atoms with Gasteiger partial charge in [-0.15, -0.1) is 0 Å². The molecule has 0 unspecified atom stereocenters. The fourth-order valence-electron chi connectivity index (χ4n) is 3.13. The smallest absolute Gasteiger partial charge is 0.338 e. The van der Waals surface area contributed by atoms with E-state index < -0.39 is 17.9 Å². The number of esters is 2. The Morgan fingerprint density at radius 1 is 0.967 bits per heavy atom. The number of hydrogen-bond acceptors (Lipinski definition) is 6. The number of amides is 1. The molecule has 1 aliphatic rings. The summed E-state index contributed by atoms with van der Waals surface area (Å²) in [7, 11) is 0. The van der Waals surface area contributed by atoms with Gasteiger partial charge in [0.2, 0.25) is 5.91 Å². The zero-order valence-electron chi connectivity index (χ0n) is 16.7.